The van der Waals surface area contributed by atoms with E-state index >= 15 is 0 Å². The highest BCUT2D eigenvalue weighted by molar-refractivity contribution is 7.90. The van der Waals surface area contributed by atoms with Crippen molar-refractivity contribution in [3.63, 3.8) is 0 Å². The number of halogens is 3. The largest absolute Gasteiger partial charge is 0.433 e. The van der Waals surface area contributed by atoms with Crippen molar-refractivity contribution < 1.29 is 21.6 Å². The number of benzene rings is 1. The maximum atomic E-state index is 12.7. The Bertz CT molecular complexity index is 764. The average molecular weight is 345 g/mol. The van der Waals surface area contributed by atoms with E-state index < -0.39 is 27.7 Å². The van der Waals surface area contributed by atoms with Gasteiger partial charge in [0.15, 0.2) is 0 Å². The van der Waals surface area contributed by atoms with Gasteiger partial charge in [-0.2, -0.15) is 13.2 Å². The topological polar surface area (TPSA) is 72.0 Å². The number of rotatable bonds is 5. The van der Waals surface area contributed by atoms with Crippen LogP contribution < -0.4 is 5.32 Å². The third-order valence-electron chi connectivity index (χ3n) is 2.92. The Hall–Kier alpha value is -2.16. The monoisotopic (exact) mass is 345 g/mol. The Kier molecular flexibility index (Phi) is 4.88. The van der Waals surface area contributed by atoms with Crippen molar-refractivity contribution in [2.45, 2.75) is 12.2 Å². The van der Waals surface area contributed by atoms with Crippen LogP contribution in [0.5, 0.6) is 0 Å². The number of nitrogens with one attached hydrogen (secondary N) is 1. The van der Waals surface area contributed by atoms with Gasteiger partial charge in [0.25, 0.3) is 0 Å². The van der Waals surface area contributed by atoms with Crippen LogP contribution in [0, 0.1) is 0 Å². The lowest BCUT2D eigenvalue weighted by Crippen LogP contribution is -2.22. The third kappa shape index (κ3) is 5.20. The molecule has 0 saturated heterocycles. The molecule has 0 aliphatic rings. The van der Waals surface area contributed by atoms with E-state index in [2.05, 4.69) is 15.3 Å². The molecule has 1 unspecified atom stereocenters. The molecule has 1 aromatic heterocycles. The van der Waals surface area contributed by atoms with Gasteiger partial charge in [0.05, 0.1) is 11.8 Å². The molecule has 0 aliphatic carbocycles. The highest BCUT2D eigenvalue weighted by atomic mass is 32.2. The molecule has 1 aromatic carbocycles. The van der Waals surface area contributed by atoms with Crippen molar-refractivity contribution in [2.24, 2.45) is 0 Å². The van der Waals surface area contributed by atoms with Gasteiger partial charge in [0.2, 0.25) is 5.95 Å². The highest BCUT2D eigenvalue weighted by Crippen LogP contribution is 2.28. The Morgan fingerprint density at radius 3 is 2.39 bits per heavy atom. The number of alkyl halides is 3. The van der Waals surface area contributed by atoms with Crippen molar-refractivity contribution in [3.8, 4) is 0 Å². The number of nitrogens with zero attached hydrogens (tertiary/aromatic N) is 2. The zero-order valence-corrected chi connectivity index (χ0v) is 12.9. The average Bonchev–Trinajstić information content (AvgIpc) is 2.45. The Morgan fingerprint density at radius 2 is 1.83 bits per heavy atom. The lowest BCUT2D eigenvalue weighted by atomic mass is 10.1. The minimum atomic E-state index is -4.60. The zero-order valence-electron chi connectivity index (χ0n) is 12.1. The van der Waals surface area contributed by atoms with Gasteiger partial charge in [-0.15, -0.1) is 0 Å². The minimum absolute atomic E-state index is 0.280. The molecule has 1 atom stereocenters. The van der Waals surface area contributed by atoms with E-state index in [1.165, 1.54) is 0 Å². The maximum Gasteiger partial charge on any atom is 0.433 e. The summed E-state index contributed by atoms with van der Waals surface area (Å²) in [5, 5.41) is 2.66. The highest BCUT2D eigenvalue weighted by Gasteiger charge is 2.33. The van der Waals surface area contributed by atoms with Crippen LogP contribution in [0.2, 0.25) is 0 Å². The summed E-state index contributed by atoms with van der Waals surface area (Å²) in [4.78, 5) is 7.13. The van der Waals surface area contributed by atoms with Gasteiger partial charge in [0, 0.05) is 12.5 Å². The smallest absolute Gasteiger partial charge is 0.346 e. The molecule has 1 N–H and O–H groups in total. The summed E-state index contributed by atoms with van der Waals surface area (Å²) in [7, 11) is -3.37. The fourth-order valence-corrected chi connectivity index (χ4v) is 2.83. The molecular weight excluding hydrogens is 331 g/mol. The van der Waals surface area contributed by atoms with Crippen molar-refractivity contribution in [1.29, 1.82) is 0 Å². The first-order chi connectivity index (χ1) is 10.6. The molecule has 0 radical (unpaired) electrons. The second kappa shape index (κ2) is 6.53. The second-order valence-electron chi connectivity index (χ2n) is 4.96. The molecule has 0 amide bonds. The third-order valence-corrected chi connectivity index (χ3v) is 3.86. The van der Waals surface area contributed by atoms with Crippen molar-refractivity contribution in [1.82, 2.24) is 9.97 Å². The molecule has 1 heterocycles. The van der Waals surface area contributed by atoms with Crippen molar-refractivity contribution in [3.05, 3.63) is 53.9 Å². The van der Waals surface area contributed by atoms with Crippen LogP contribution in [0.1, 0.15) is 17.3 Å². The summed E-state index contributed by atoms with van der Waals surface area (Å²) in [6.07, 6.45) is -2.57. The lowest BCUT2D eigenvalue weighted by Gasteiger charge is -2.18. The molecule has 9 heteroatoms. The van der Waals surface area contributed by atoms with E-state index in [9.17, 15) is 21.6 Å². The SMILES string of the molecule is CS(=O)(=O)CC(Nc1nccc(C(F)(F)F)n1)c1ccccc1. The summed E-state index contributed by atoms with van der Waals surface area (Å²) in [5.41, 5.74) is -0.486. The Morgan fingerprint density at radius 1 is 1.17 bits per heavy atom. The normalized spacial score (nSPS) is 13.6. The fraction of sp³-hybridized carbons (Fsp3) is 0.286. The van der Waals surface area contributed by atoms with E-state index in [1.807, 2.05) is 0 Å². The molecule has 2 aromatic rings. The van der Waals surface area contributed by atoms with Crippen LogP contribution in [0.4, 0.5) is 19.1 Å². The quantitative estimate of drug-likeness (QED) is 0.902. The van der Waals surface area contributed by atoms with E-state index in [0.29, 0.717) is 5.56 Å². The van der Waals surface area contributed by atoms with Gasteiger partial charge >= 0.3 is 6.18 Å². The molecule has 23 heavy (non-hydrogen) atoms. The van der Waals surface area contributed by atoms with Crippen LogP contribution >= 0.6 is 0 Å². The molecular formula is C14H14F3N3O2S. The first-order valence-electron chi connectivity index (χ1n) is 6.54. The summed E-state index contributed by atoms with van der Waals surface area (Å²) in [6.45, 7) is 0. The molecule has 0 saturated carbocycles. The summed E-state index contributed by atoms with van der Waals surface area (Å²) >= 11 is 0. The van der Waals surface area contributed by atoms with Crippen LogP contribution in [-0.4, -0.2) is 30.4 Å². The maximum absolute atomic E-state index is 12.7. The number of hydrogen-bond acceptors (Lipinski definition) is 5. The molecule has 2 rings (SSSR count). The number of anilines is 1. The number of hydrogen-bond donors (Lipinski definition) is 1. The van der Waals surface area contributed by atoms with Gasteiger partial charge in [-0.3, -0.25) is 0 Å². The molecule has 124 valence electrons. The first kappa shape index (κ1) is 17.2. The van der Waals surface area contributed by atoms with E-state index in [4.69, 9.17) is 0 Å². The molecule has 0 aliphatic heterocycles. The van der Waals surface area contributed by atoms with Crippen molar-refractivity contribution in [2.75, 3.05) is 17.3 Å². The first-order valence-corrected chi connectivity index (χ1v) is 8.61. The van der Waals surface area contributed by atoms with Crippen LogP contribution in [0.3, 0.4) is 0 Å². The van der Waals surface area contributed by atoms with Gasteiger partial charge in [-0.05, 0) is 11.6 Å². The van der Waals surface area contributed by atoms with Gasteiger partial charge < -0.3 is 5.32 Å². The molecule has 0 fully saturated rings. The molecule has 0 spiro atoms. The van der Waals surface area contributed by atoms with Gasteiger partial charge in [0.1, 0.15) is 15.5 Å². The molecule has 5 nitrogen and oxygen atoms in total. The Labute approximate surface area is 131 Å². The zero-order chi connectivity index (χ0) is 17.1. The number of aromatic nitrogens is 2. The number of sulfone groups is 1. The molecule has 0 bridgehead atoms. The second-order valence-corrected chi connectivity index (χ2v) is 7.15. The standard InChI is InChI=1S/C14H14F3N3O2S/c1-23(21,22)9-11(10-5-3-2-4-6-10)19-13-18-8-7-12(20-13)14(15,16)17/h2-8,11H,9H2,1H3,(H,18,19,20). The lowest BCUT2D eigenvalue weighted by molar-refractivity contribution is -0.141. The van der Waals surface area contributed by atoms with Crippen LogP contribution in [-0.2, 0) is 16.0 Å². The van der Waals surface area contributed by atoms with Crippen LogP contribution in [0.25, 0.3) is 0 Å². The van der Waals surface area contributed by atoms with Gasteiger partial charge in [-0.25, -0.2) is 18.4 Å². The summed E-state index contributed by atoms with van der Waals surface area (Å²) in [6, 6.07) is 8.52. The van der Waals surface area contributed by atoms with E-state index in [1.54, 1.807) is 30.3 Å². The summed E-state index contributed by atoms with van der Waals surface area (Å²) in [5.74, 6) is -0.575. The van der Waals surface area contributed by atoms with Crippen molar-refractivity contribution >= 4 is 15.8 Å². The predicted molar refractivity (Wildman–Crippen MR) is 79.6 cm³/mol. The van der Waals surface area contributed by atoms with E-state index in [0.717, 1.165) is 18.5 Å². The Balaban J connectivity index is 2.31. The fourth-order valence-electron chi connectivity index (χ4n) is 1.95. The van der Waals surface area contributed by atoms with Crippen LogP contribution in [0.15, 0.2) is 42.6 Å². The van der Waals surface area contributed by atoms with Gasteiger partial charge in [-0.1, -0.05) is 30.3 Å². The minimum Gasteiger partial charge on any atom is -0.346 e. The van der Waals surface area contributed by atoms with E-state index in [-0.39, 0.29) is 11.7 Å². The predicted octanol–water partition coefficient (Wildman–Crippen LogP) is 2.69. The summed E-state index contributed by atoms with van der Waals surface area (Å²) < 4.78 is 61.2.